The van der Waals surface area contributed by atoms with Gasteiger partial charge < -0.3 is 10.2 Å². The highest BCUT2D eigenvalue weighted by atomic mass is 32.2. The van der Waals surface area contributed by atoms with Crippen LogP contribution in [-0.4, -0.2) is 55.9 Å². The summed E-state index contributed by atoms with van der Waals surface area (Å²) in [5, 5.41) is 7.38. The van der Waals surface area contributed by atoms with Crippen molar-refractivity contribution in [2.75, 3.05) is 35.4 Å². The zero-order valence-electron chi connectivity index (χ0n) is 18.7. The van der Waals surface area contributed by atoms with Crippen LogP contribution in [0.5, 0.6) is 0 Å². The fourth-order valence-corrected chi connectivity index (χ4v) is 5.42. The molecular formula is C22H26F2N6O2S. The van der Waals surface area contributed by atoms with Gasteiger partial charge in [-0.3, -0.25) is 4.68 Å². The van der Waals surface area contributed by atoms with Gasteiger partial charge in [-0.15, -0.1) is 0 Å². The first kappa shape index (κ1) is 23.1. The Morgan fingerprint density at radius 3 is 2.30 bits per heavy atom. The van der Waals surface area contributed by atoms with Crippen molar-refractivity contribution in [3.8, 4) is 11.1 Å². The van der Waals surface area contributed by atoms with E-state index < -0.39 is 16.6 Å². The lowest BCUT2D eigenvalue weighted by molar-refractivity contribution is 0.161. The second-order valence-corrected chi connectivity index (χ2v) is 9.70. The number of pyridine rings is 1. The number of nitrogens with zero attached hydrogens (tertiary/aromatic N) is 5. The quantitative estimate of drug-likeness (QED) is 0.551. The third-order valence-electron chi connectivity index (χ3n) is 5.80. The molecule has 1 aliphatic heterocycles. The molecule has 33 heavy (non-hydrogen) atoms. The maximum atomic E-state index is 14.0. The molecule has 1 saturated heterocycles. The fourth-order valence-electron chi connectivity index (χ4n) is 4.00. The minimum atomic E-state index is -4.51. The number of hydrogen-bond acceptors (Lipinski definition) is 6. The summed E-state index contributed by atoms with van der Waals surface area (Å²) < 4.78 is 55.9. The van der Waals surface area contributed by atoms with E-state index >= 15 is 0 Å². The highest BCUT2D eigenvalue weighted by molar-refractivity contribution is 7.92. The number of rotatable bonds is 6. The van der Waals surface area contributed by atoms with Gasteiger partial charge >= 0.3 is 6.55 Å². The van der Waals surface area contributed by atoms with Crippen molar-refractivity contribution in [2.24, 2.45) is 7.05 Å². The third-order valence-corrected chi connectivity index (χ3v) is 7.53. The molecule has 0 amide bonds. The summed E-state index contributed by atoms with van der Waals surface area (Å²) in [6, 6.07) is 9.73. The lowest BCUT2D eigenvalue weighted by Gasteiger charge is -2.28. The second kappa shape index (κ2) is 9.06. The van der Waals surface area contributed by atoms with E-state index in [1.807, 2.05) is 12.1 Å². The maximum absolute atomic E-state index is 14.0. The second-order valence-electron chi connectivity index (χ2n) is 7.89. The van der Waals surface area contributed by atoms with Crippen LogP contribution in [0.15, 0.2) is 47.5 Å². The topological polar surface area (TPSA) is 83.4 Å². The van der Waals surface area contributed by atoms with E-state index in [1.54, 1.807) is 32.3 Å². The molecule has 2 aromatic heterocycles. The molecule has 0 atom stereocenters. The molecule has 1 aromatic carbocycles. The molecule has 0 aliphatic carbocycles. The van der Waals surface area contributed by atoms with Gasteiger partial charge in [-0.1, -0.05) is 12.1 Å². The van der Waals surface area contributed by atoms with Crippen LogP contribution in [0.3, 0.4) is 0 Å². The van der Waals surface area contributed by atoms with E-state index in [-0.39, 0.29) is 20.6 Å². The molecule has 176 valence electrons. The van der Waals surface area contributed by atoms with Gasteiger partial charge in [-0.25, -0.2) is 17.7 Å². The Kier molecular flexibility index (Phi) is 6.35. The lowest BCUT2D eigenvalue weighted by Crippen LogP contribution is -2.43. The van der Waals surface area contributed by atoms with Gasteiger partial charge in [0.2, 0.25) is 0 Å². The molecule has 1 N–H and O–H groups in total. The van der Waals surface area contributed by atoms with Crippen LogP contribution in [0.25, 0.3) is 11.1 Å². The third kappa shape index (κ3) is 4.42. The van der Waals surface area contributed by atoms with Gasteiger partial charge in [0.05, 0.1) is 16.3 Å². The van der Waals surface area contributed by atoms with Crippen molar-refractivity contribution < 1.29 is 17.2 Å². The smallest absolute Gasteiger partial charge is 0.328 e. The molecule has 1 aliphatic rings. The molecule has 0 unspecified atom stereocenters. The van der Waals surface area contributed by atoms with Crippen LogP contribution in [0.4, 0.5) is 20.3 Å². The Labute approximate surface area is 191 Å². The average Bonchev–Trinajstić information content (AvgIpc) is 3.06. The van der Waals surface area contributed by atoms with Crippen LogP contribution in [-0.2, 0) is 17.1 Å². The van der Waals surface area contributed by atoms with Crippen molar-refractivity contribution in [3.05, 3.63) is 54.0 Å². The van der Waals surface area contributed by atoms with Crippen LogP contribution < -0.4 is 14.5 Å². The Balaban J connectivity index is 1.66. The summed E-state index contributed by atoms with van der Waals surface area (Å²) in [4.78, 5) is 6.41. The van der Waals surface area contributed by atoms with Crippen LogP contribution in [0, 0.1) is 13.8 Å². The highest BCUT2D eigenvalue weighted by Gasteiger charge is 2.35. The summed E-state index contributed by atoms with van der Waals surface area (Å²) in [5.74, 6) is 0.845. The van der Waals surface area contributed by atoms with Gasteiger partial charge in [-0.05, 0) is 49.2 Å². The summed E-state index contributed by atoms with van der Waals surface area (Å²) in [6.45, 7) is 3.29. The van der Waals surface area contributed by atoms with Gasteiger partial charge in [0, 0.05) is 39.4 Å². The predicted molar refractivity (Wildman–Crippen MR) is 123 cm³/mol. The first-order chi connectivity index (χ1) is 15.7. The molecule has 4 rings (SSSR count). The summed E-state index contributed by atoms with van der Waals surface area (Å²) >= 11 is 0. The van der Waals surface area contributed by atoms with Crippen molar-refractivity contribution in [2.45, 2.75) is 25.3 Å². The molecule has 0 radical (unpaired) electrons. The van der Waals surface area contributed by atoms with Crippen molar-refractivity contribution >= 4 is 21.5 Å². The Bertz CT molecular complexity index is 1240. The molecule has 3 heterocycles. The van der Waals surface area contributed by atoms with Gasteiger partial charge in [-0.2, -0.15) is 13.9 Å². The SMILES string of the molecule is Cc1nn(C)c(C)c1N(C(F)F)S(=O)(=O)c1ccc(-c2ccnc(N3CCNCC3)c2)cc1. The summed E-state index contributed by atoms with van der Waals surface area (Å²) in [7, 11) is -2.92. The Morgan fingerprint density at radius 2 is 1.73 bits per heavy atom. The van der Waals surface area contributed by atoms with Crippen molar-refractivity contribution in [1.82, 2.24) is 20.1 Å². The fraction of sp³-hybridized carbons (Fsp3) is 0.364. The number of nitrogens with one attached hydrogen (secondary N) is 1. The number of sulfonamides is 1. The molecule has 0 bridgehead atoms. The average molecular weight is 477 g/mol. The molecule has 11 heteroatoms. The molecule has 0 saturated carbocycles. The summed E-state index contributed by atoms with van der Waals surface area (Å²) in [6.07, 6.45) is 1.71. The van der Waals surface area contributed by atoms with E-state index in [2.05, 4.69) is 20.3 Å². The first-order valence-electron chi connectivity index (χ1n) is 10.5. The van der Waals surface area contributed by atoms with Gasteiger partial charge in [0.1, 0.15) is 11.5 Å². The number of anilines is 2. The number of aromatic nitrogens is 3. The largest absolute Gasteiger partial charge is 0.354 e. The first-order valence-corrected chi connectivity index (χ1v) is 12.0. The van der Waals surface area contributed by atoms with Crippen LogP contribution >= 0.6 is 0 Å². The number of piperazine rings is 1. The van der Waals surface area contributed by atoms with E-state index in [4.69, 9.17) is 0 Å². The zero-order chi connectivity index (χ0) is 23.8. The zero-order valence-corrected chi connectivity index (χ0v) is 19.5. The van der Waals surface area contributed by atoms with E-state index in [0.29, 0.717) is 5.69 Å². The molecule has 1 fully saturated rings. The van der Waals surface area contributed by atoms with Crippen molar-refractivity contribution in [3.63, 3.8) is 0 Å². The number of hydrogen-bond donors (Lipinski definition) is 1. The normalized spacial score (nSPS) is 14.7. The lowest BCUT2D eigenvalue weighted by atomic mass is 10.1. The standard InChI is InChI=1S/C22H26F2N6O2S/c1-15-21(16(2)28(3)27-15)30(22(23)24)33(31,32)19-6-4-17(5-7-19)18-8-9-26-20(14-18)29-12-10-25-11-13-29/h4-9,14,22,25H,10-13H2,1-3H3. The monoisotopic (exact) mass is 476 g/mol. The summed E-state index contributed by atoms with van der Waals surface area (Å²) in [5.41, 5.74) is 2.08. The number of alkyl halides is 2. The van der Waals surface area contributed by atoms with Crippen LogP contribution in [0.1, 0.15) is 11.4 Å². The van der Waals surface area contributed by atoms with E-state index in [1.165, 1.54) is 23.7 Å². The van der Waals surface area contributed by atoms with Crippen molar-refractivity contribution in [1.29, 1.82) is 0 Å². The Hall–Kier alpha value is -3.05. The predicted octanol–water partition coefficient (Wildman–Crippen LogP) is 2.93. The molecule has 3 aromatic rings. The molecular weight excluding hydrogens is 450 g/mol. The van der Waals surface area contributed by atoms with Gasteiger partial charge in [0.15, 0.2) is 0 Å². The Morgan fingerprint density at radius 1 is 1.06 bits per heavy atom. The minimum Gasteiger partial charge on any atom is -0.354 e. The number of benzene rings is 1. The number of halogens is 2. The highest BCUT2D eigenvalue weighted by Crippen LogP contribution is 2.33. The molecule has 0 spiro atoms. The molecule has 8 nitrogen and oxygen atoms in total. The maximum Gasteiger partial charge on any atom is 0.328 e. The van der Waals surface area contributed by atoms with E-state index in [9.17, 15) is 17.2 Å². The van der Waals surface area contributed by atoms with E-state index in [0.717, 1.165) is 43.1 Å². The van der Waals surface area contributed by atoms with Crippen LogP contribution in [0.2, 0.25) is 0 Å². The number of aryl methyl sites for hydroxylation is 2. The minimum absolute atomic E-state index is 0.105. The van der Waals surface area contributed by atoms with Gasteiger partial charge in [0.25, 0.3) is 10.0 Å².